The van der Waals surface area contributed by atoms with E-state index in [-0.39, 0.29) is 10.8 Å². The first kappa shape index (κ1) is 16.8. The number of nitrogens with two attached hydrogens (primary N) is 1. The fraction of sp³-hybridized carbons (Fsp3) is 0.300. The number of benzene rings is 1. The lowest BCUT2D eigenvalue weighted by atomic mass is 10.1. The lowest BCUT2D eigenvalue weighted by molar-refractivity contribution is -0.384. The molecule has 21 heavy (non-hydrogen) atoms. The zero-order valence-electron chi connectivity index (χ0n) is 10.2. The summed E-state index contributed by atoms with van der Waals surface area (Å²) >= 11 is 5.59. The zero-order chi connectivity index (χ0) is 16.2. The minimum Gasteiger partial charge on any atom is -0.492 e. The van der Waals surface area contributed by atoms with Crippen LogP contribution in [0.15, 0.2) is 23.4 Å². The van der Waals surface area contributed by atoms with Crippen molar-refractivity contribution >= 4 is 23.1 Å². The molecule has 0 amide bonds. The number of alkyl halides is 3. The summed E-state index contributed by atoms with van der Waals surface area (Å²) in [7, 11) is 0. The minimum absolute atomic E-state index is 0.120. The molecule has 0 saturated heterocycles. The van der Waals surface area contributed by atoms with Gasteiger partial charge >= 0.3 is 6.18 Å². The number of halogens is 4. The van der Waals surface area contributed by atoms with Crippen LogP contribution in [0.5, 0.6) is 5.75 Å². The van der Waals surface area contributed by atoms with Crippen LogP contribution in [0.25, 0.3) is 0 Å². The molecule has 1 unspecified atom stereocenters. The normalized spacial score (nSPS) is 13.8. The van der Waals surface area contributed by atoms with E-state index in [9.17, 15) is 23.3 Å². The first-order valence-electron chi connectivity index (χ1n) is 5.27. The Kier molecular flexibility index (Phi) is 5.19. The summed E-state index contributed by atoms with van der Waals surface area (Å²) in [6.07, 6.45) is -4.78. The van der Waals surface area contributed by atoms with E-state index < -0.39 is 35.1 Å². The van der Waals surface area contributed by atoms with E-state index >= 15 is 0 Å². The summed E-state index contributed by atoms with van der Waals surface area (Å²) in [5.41, 5.74) is 4.54. The molecule has 11 heteroatoms. The van der Waals surface area contributed by atoms with Crippen molar-refractivity contribution in [1.29, 1.82) is 0 Å². The number of nitrogens with zero attached hydrogens (tertiary/aromatic N) is 2. The van der Waals surface area contributed by atoms with Gasteiger partial charge in [-0.1, -0.05) is 16.8 Å². The number of oxime groups is 1. The van der Waals surface area contributed by atoms with Crippen molar-refractivity contribution in [3.8, 4) is 5.75 Å². The molecule has 0 aliphatic rings. The van der Waals surface area contributed by atoms with E-state index in [1.807, 2.05) is 0 Å². The molecule has 7 nitrogen and oxygen atoms in total. The van der Waals surface area contributed by atoms with E-state index in [2.05, 4.69) is 5.16 Å². The van der Waals surface area contributed by atoms with Gasteiger partial charge in [0.2, 0.25) is 0 Å². The van der Waals surface area contributed by atoms with Crippen molar-refractivity contribution in [1.82, 2.24) is 0 Å². The average molecular weight is 328 g/mol. The molecule has 0 saturated carbocycles. The molecule has 0 aromatic heterocycles. The molecule has 0 spiro atoms. The molecule has 0 aliphatic heterocycles. The molecule has 1 aromatic carbocycles. The fourth-order valence-corrected chi connectivity index (χ4v) is 1.56. The van der Waals surface area contributed by atoms with Gasteiger partial charge in [-0.15, -0.1) is 0 Å². The minimum atomic E-state index is -4.78. The van der Waals surface area contributed by atoms with Gasteiger partial charge in [0.05, 0.1) is 4.92 Å². The van der Waals surface area contributed by atoms with Crippen LogP contribution >= 0.6 is 11.6 Å². The number of hydrogen-bond donors (Lipinski definition) is 2. The number of nitro groups is 1. The molecule has 1 aromatic rings. The van der Waals surface area contributed by atoms with E-state index in [1.165, 1.54) is 0 Å². The van der Waals surface area contributed by atoms with Gasteiger partial charge in [0.25, 0.3) is 5.69 Å². The lowest BCUT2D eigenvalue weighted by Crippen LogP contribution is -2.40. The molecular weight excluding hydrogens is 319 g/mol. The molecule has 0 radical (unpaired) electrons. The summed E-state index contributed by atoms with van der Waals surface area (Å²) in [5.74, 6) is -3.50. The Morgan fingerprint density at radius 2 is 2.19 bits per heavy atom. The maximum atomic E-state index is 12.6. The Morgan fingerprint density at radius 1 is 1.57 bits per heavy atom. The van der Waals surface area contributed by atoms with Crippen LogP contribution in [-0.4, -0.2) is 28.7 Å². The van der Waals surface area contributed by atoms with Gasteiger partial charge in [-0.3, -0.25) is 10.1 Å². The third-order valence-electron chi connectivity index (χ3n) is 2.40. The van der Waals surface area contributed by atoms with Gasteiger partial charge < -0.3 is 15.7 Å². The number of hydrogen-bond acceptors (Lipinski definition) is 5. The van der Waals surface area contributed by atoms with Gasteiger partial charge in [0.1, 0.15) is 23.3 Å². The summed E-state index contributed by atoms with van der Waals surface area (Å²) in [5, 5.41) is 20.9. The van der Waals surface area contributed by atoms with E-state index in [4.69, 9.17) is 27.3 Å². The molecule has 3 N–H and O–H groups in total. The van der Waals surface area contributed by atoms with Crippen LogP contribution in [0.4, 0.5) is 18.9 Å². The van der Waals surface area contributed by atoms with E-state index in [0.717, 1.165) is 18.2 Å². The first-order valence-corrected chi connectivity index (χ1v) is 5.65. The number of nitro benzene ring substituents is 1. The van der Waals surface area contributed by atoms with Crippen molar-refractivity contribution in [3.05, 3.63) is 33.3 Å². The Balaban J connectivity index is 2.87. The zero-order valence-corrected chi connectivity index (χ0v) is 10.9. The molecule has 1 atom stereocenters. The highest BCUT2D eigenvalue weighted by atomic mass is 35.5. The second-order valence-electron chi connectivity index (χ2n) is 3.80. The van der Waals surface area contributed by atoms with Crippen molar-refractivity contribution in [3.63, 3.8) is 0 Å². The number of rotatable bonds is 5. The summed E-state index contributed by atoms with van der Waals surface area (Å²) in [6, 6.07) is 3.08. The van der Waals surface area contributed by atoms with Crippen LogP contribution < -0.4 is 10.5 Å². The monoisotopic (exact) mass is 327 g/mol. The molecule has 116 valence electrons. The van der Waals surface area contributed by atoms with Crippen molar-refractivity contribution in [2.75, 3.05) is 6.61 Å². The van der Waals surface area contributed by atoms with Gasteiger partial charge in [-0.05, 0) is 6.07 Å². The molecular formula is C10H9ClF3N3O4. The second-order valence-corrected chi connectivity index (χ2v) is 4.21. The molecule has 1 rings (SSSR count). The predicted octanol–water partition coefficient (Wildman–Crippen LogP) is 2.55. The molecule has 0 aliphatic carbocycles. The summed E-state index contributed by atoms with van der Waals surface area (Å²) < 4.78 is 42.8. The van der Waals surface area contributed by atoms with Crippen molar-refractivity contribution < 1.29 is 28.0 Å². The number of amidine groups is 1. The van der Waals surface area contributed by atoms with Crippen molar-refractivity contribution in [2.24, 2.45) is 16.8 Å². The predicted molar refractivity (Wildman–Crippen MR) is 66.6 cm³/mol. The van der Waals surface area contributed by atoms with E-state index in [0.29, 0.717) is 0 Å². The first-order chi connectivity index (χ1) is 9.66. The van der Waals surface area contributed by atoms with Gasteiger partial charge in [0.15, 0.2) is 5.84 Å². The smallest absolute Gasteiger partial charge is 0.402 e. The Morgan fingerprint density at radius 3 is 2.62 bits per heavy atom. The highest BCUT2D eigenvalue weighted by Gasteiger charge is 2.43. The summed E-state index contributed by atoms with van der Waals surface area (Å²) in [4.78, 5) is 9.78. The quantitative estimate of drug-likeness (QED) is 0.284. The van der Waals surface area contributed by atoms with Crippen LogP contribution in [0.3, 0.4) is 0 Å². The summed E-state index contributed by atoms with van der Waals surface area (Å²) in [6.45, 7) is -0.965. The lowest BCUT2D eigenvalue weighted by Gasteiger charge is -2.19. The largest absolute Gasteiger partial charge is 0.492 e. The van der Waals surface area contributed by atoms with Crippen LogP contribution in [0, 0.1) is 16.0 Å². The SMILES string of the molecule is N/C(=N/O)C(COc1ccc([N+](=O)[O-])c(Cl)c1)C(F)(F)F. The Bertz CT molecular complexity index is 565. The van der Waals surface area contributed by atoms with Crippen LogP contribution in [0.1, 0.15) is 0 Å². The fourth-order valence-electron chi connectivity index (χ4n) is 1.32. The highest BCUT2D eigenvalue weighted by Crippen LogP contribution is 2.30. The molecule has 0 fully saturated rings. The van der Waals surface area contributed by atoms with Crippen LogP contribution in [0.2, 0.25) is 5.02 Å². The Hall–Kier alpha value is -2.23. The second kappa shape index (κ2) is 6.48. The third-order valence-corrected chi connectivity index (χ3v) is 2.70. The molecule has 0 heterocycles. The molecule has 0 bridgehead atoms. The van der Waals surface area contributed by atoms with Crippen molar-refractivity contribution in [2.45, 2.75) is 6.18 Å². The van der Waals surface area contributed by atoms with Gasteiger partial charge in [-0.2, -0.15) is 13.2 Å². The number of ether oxygens (including phenoxy) is 1. The van der Waals surface area contributed by atoms with Gasteiger partial charge in [0, 0.05) is 12.1 Å². The van der Waals surface area contributed by atoms with Gasteiger partial charge in [-0.25, -0.2) is 0 Å². The highest BCUT2D eigenvalue weighted by molar-refractivity contribution is 6.32. The topological polar surface area (TPSA) is 111 Å². The van der Waals surface area contributed by atoms with Crippen LogP contribution in [-0.2, 0) is 0 Å². The average Bonchev–Trinajstić information content (AvgIpc) is 2.36. The van der Waals surface area contributed by atoms with E-state index in [1.54, 1.807) is 0 Å². The maximum Gasteiger partial charge on any atom is 0.402 e. The maximum absolute atomic E-state index is 12.6. The standard InChI is InChI=1S/C10H9ClF3N3O4/c11-7-3-5(1-2-8(7)17(19)20)21-4-6(9(15)16-18)10(12,13)14/h1-3,6,18H,4H2,(H2,15,16). The third kappa shape index (κ3) is 4.38. The Labute approximate surface area is 120 Å².